The van der Waals surface area contributed by atoms with Crippen LogP contribution in [0.5, 0.6) is 0 Å². The summed E-state index contributed by atoms with van der Waals surface area (Å²) >= 11 is 0. The van der Waals surface area contributed by atoms with Crippen molar-refractivity contribution in [3.63, 3.8) is 0 Å². The van der Waals surface area contributed by atoms with Gasteiger partial charge in [-0.15, -0.1) is 0 Å². The van der Waals surface area contributed by atoms with Gasteiger partial charge in [0, 0.05) is 5.92 Å². The molecular weight excluding hydrogens is 190 g/mol. The quantitative estimate of drug-likeness (QED) is 0.680. The maximum atomic E-state index is 11.7. The zero-order chi connectivity index (χ0) is 11.4. The number of hydrogen-bond donors (Lipinski definition) is 1. The van der Waals surface area contributed by atoms with E-state index in [1.165, 1.54) is 6.42 Å². The predicted molar refractivity (Wildman–Crippen MR) is 59.3 cm³/mol. The van der Waals surface area contributed by atoms with Gasteiger partial charge in [-0.05, 0) is 24.7 Å². The zero-order valence-electron chi connectivity index (χ0n) is 9.82. The van der Waals surface area contributed by atoms with Crippen molar-refractivity contribution < 1.29 is 9.59 Å². The van der Waals surface area contributed by atoms with Crippen LogP contribution in [0, 0.1) is 17.8 Å². The Morgan fingerprint density at radius 3 is 2.60 bits per heavy atom. The summed E-state index contributed by atoms with van der Waals surface area (Å²) in [5.41, 5.74) is 0. The summed E-state index contributed by atoms with van der Waals surface area (Å²) in [7, 11) is 0. The molecule has 0 spiro atoms. The lowest BCUT2D eigenvalue weighted by Gasteiger charge is -2.15. The van der Waals surface area contributed by atoms with Crippen LogP contribution in [-0.4, -0.2) is 18.2 Å². The summed E-state index contributed by atoms with van der Waals surface area (Å²) in [4.78, 5) is 22.3. The topological polar surface area (TPSA) is 46.2 Å². The number of carbonyl (C=O) groups is 2. The standard InChI is InChI=1S/C12H21NO2/c1-4-9-6-11(9)8(3)12(15)13-10(5-2)7-14/h7-11H,4-6H2,1-3H3,(H,13,15). The molecule has 0 aliphatic heterocycles. The highest BCUT2D eigenvalue weighted by Crippen LogP contribution is 2.46. The fourth-order valence-corrected chi connectivity index (χ4v) is 2.09. The first-order valence-electron chi connectivity index (χ1n) is 5.89. The van der Waals surface area contributed by atoms with E-state index in [4.69, 9.17) is 0 Å². The third kappa shape index (κ3) is 3.05. The van der Waals surface area contributed by atoms with Gasteiger partial charge >= 0.3 is 0 Å². The predicted octanol–water partition coefficient (Wildman–Crippen LogP) is 1.76. The second-order valence-electron chi connectivity index (χ2n) is 4.52. The Hall–Kier alpha value is -0.860. The number of carbonyl (C=O) groups excluding carboxylic acids is 2. The van der Waals surface area contributed by atoms with Gasteiger partial charge in [0.25, 0.3) is 0 Å². The van der Waals surface area contributed by atoms with Crippen molar-refractivity contribution in [1.29, 1.82) is 0 Å². The third-order valence-corrected chi connectivity index (χ3v) is 3.49. The first kappa shape index (κ1) is 12.2. The fraction of sp³-hybridized carbons (Fsp3) is 0.833. The first-order chi connectivity index (χ1) is 7.13. The van der Waals surface area contributed by atoms with Gasteiger partial charge in [0.2, 0.25) is 5.91 Å². The molecule has 0 aromatic heterocycles. The van der Waals surface area contributed by atoms with Crippen molar-refractivity contribution in [3.8, 4) is 0 Å². The van der Waals surface area contributed by atoms with Gasteiger partial charge in [-0.1, -0.05) is 27.2 Å². The molecule has 3 heteroatoms. The zero-order valence-corrected chi connectivity index (χ0v) is 9.82. The molecule has 1 rings (SSSR count). The third-order valence-electron chi connectivity index (χ3n) is 3.49. The smallest absolute Gasteiger partial charge is 0.223 e. The second-order valence-corrected chi connectivity index (χ2v) is 4.52. The van der Waals surface area contributed by atoms with Gasteiger partial charge in [0.1, 0.15) is 6.29 Å². The largest absolute Gasteiger partial charge is 0.346 e. The van der Waals surface area contributed by atoms with E-state index in [1.807, 2.05) is 13.8 Å². The highest BCUT2D eigenvalue weighted by Gasteiger charge is 2.42. The van der Waals surface area contributed by atoms with Gasteiger partial charge in [0.05, 0.1) is 6.04 Å². The Morgan fingerprint density at radius 2 is 2.20 bits per heavy atom. The molecule has 1 aliphatic rings. The molecule has 1 aliphatic carbocycles. The van der Waals surface area contributed by atoms with Crippen molar-refractivity contribution in [3.05, 3.63) is 0 Å². The number of nitrogens with one attached hydrogen (secondary N) is 1. The SMILES string of the molecule is CCC(C=O)NC(=O)C(C)C1CC1CC. The molecule has 1 fully saturated rings. The number of hydrogen-bond acceptors (Lipinski definition) is 2. The van der Waals surface area contributed by atoms with Crippen LogP contribution >= 0.6 is 0 Å². The van der Waals surface area contributed by atoms with E-state index in [-0.39, 0.29) is 17.9 Å². The van der Waals surface area contributed by atoms with Crippen molar-refractivity contribution in [2.45, 2.75) is 46.1 Å². The Labute approximate surface area is 91.6 Å². The van der Waals surface area contributed by atoms with Crippen molar-refractivity contribution in [1.82, 2.24) is 5.32 Å². The van der Waals surface area contributed by atoms with E-state index >= 15 is 0 Å². The second kappa shape index (κ2) is 5.29. The summed E-state index contributed by atoms with van der Waals surface area (Å²) < 4.78 is 0. The minimum absolute atomic E-state index is 0.0369. The van der Waals surface area contributed by atoms with E-state index in [1.54, 1.807) is 0 Å². The molecule has 0 heterocycles. The van der Waals surface area contributed by atoms with Crippen LogP contribution in [0.4, 0.5) is 0 Å². The molecule has 0 radical (unpaired) electrons. The van der Waals surface area contributed by atoms with E-state index in [9.17, 15) is 9.59 Å². The average Bonchev–Trinajstić information content (AvgIpc) is 3.03. The van der Waals surface area contributed by atoms with Crippen molar-refractivity contribution >= 4 is 12.2 Å². The number of rotatable bonds is 6. The average molecular weight is 211 g/mol. The fourth-order valence-electron chi connectivity index (χ4n) is 2.09. The van der Waals surface area contributed by atoms with Crippen LogP contribution in [0.25, 0.3) is 0 Å². The highest BCUT2D eigenvalue weighted by atomic mass is 16.2. The minimum atomic E-state index is -0.307. The van der Waals surface area contributed by atoms with Crippen LogP contribution in [0.3, 0.4) is 0 Å². The molecule has 0 saturated heterocycles. The molecular formula is C12H21NO2. The van der Waals surface area contributed by atoms with Crippen LogP contribution in [0.1, 0.15) is 40.0 Å². The lowest BCUT2D eigenvalue weighted by molar-refractivity contribution is -0.127. The molecule has 1 saturated carbocycles. The lowest BCUT2D eigenvalue weighted by atomic mass is 10.0. The Morgan fingerprint density at radius 1 is 1.53 bits per heavy atom. The van der Waals surface area contributed by atoms with Crippen LogP contribution in [0.2, 0.25) is 0 Å². The van der Waals surface area contributed by atoms with E-state index in [2.05, 4.69) is 12.2 Å². The van der Waals surface area contributed by atoms with Crippen molar-refractivity contribution in [2.24, 2.45) is 17.8 Å². The van der Waals surface area contributed by atoms with Gasteiger partial charge in [-0.2, -0.15) is 0 Å². The molecule has 4 unspecified atom stereocenters. The van der Waals surface area contributed by atoms with Crippen LogP contribution in [-0.2, 0) is 9.59 Å². The van der Waals surface area contributed by atoms with Crippen molar-refractivity contribution in [2.75, 3.05) is 0 Å². The summed E-state index contributed by atoms with van der Waals surface area (Å²) in [5, 5.41) is 2.78. The highest BCUT2D eigenvalue weighted by molar-refractivity contribution is 5.82. The molecule has 1 amide bonds. The molecule has 1 N–H and O–H groups in total. The summed E-state index contributed by atoms with van der Waals surface area (Å²) in [6.45, 7) is 6.03. The molecule has 15 heavy (non-hydrogen) atoms. The summed E-state index contributed by atoms with van der Waals surface area (Å²) in [5.74, 6) is 1.36. The summed E-state index contributed by atoms with van der Waals surface area (Å²) in [6, 6.07) is -0.307. The molecule has 4 atom stereocenters. The Bertz CT molecular complexity index is 240. The Kier molecular flexibility index (Phi) is 4.30. The maximum Gasteiger partial charge on any atom is 0.223 e. The number of aldehydes is 1. The van der Waals surface area contributed by atoms with Gasteiger partial charge in [0.15, 0.2) is 0 Å². The molecule has 0 bridgehead atoms. The molecule has 86 valence electrons. The van der Waals surface area contributed by atoms with E-state index in [0.29, 0.717) is 12.3 Å². The molecule has 3 nitrogen and oxygen atoms in total. The minimum Gasteiger partial charge on any atom is -0.346 e. The molecule has 0 aromatic rings. The van der Waals surface area contributed by atoms with E-state index in [0.717, 1.165) is 18.6 Å². The van der Waals surface area contributed by atoms with Crippen LogP contribution in [0.15, 0.2) is 0 Å². The normalized spacial score (nSPS) is 27.9. The van der Waals surface area contributed by atoms with Gasteiger partial charge in [-0.3, -0.25) is 4.79 Å². The summed E-state index contributed by atoms with van der Waals surface area (Å²) in [6.07, 6.45) is 3.81. The molecule has 0 aromatic carbocycles. The number of amides is 1. The maximum absolute atomic E-state index is 11.7. The van der Waals surface area contributed by atoms with Gasteiger partial charge in [-0.25, -0.2) is 0 Å². The van der Waals surface area contributed by atoms with Crippen LogP contribution < -0.4 is 5.32 Å². The lowest BCUT2D eigenvalue weighted by Crippen LogP contribution is -2.39. The van der Waals surface area contributed by atoms with E-state index < -0.39 is 0 Å². The Balaban J connectivity index is 2.37. The first-order valence-corrected chi connectivity index (χ1v) is 5.89. The van der Waals surface area contributed by atoms with Gasteiger partial charge < -0.3 is 10.1 Å². The monoisotopic (exact) mass is 211 g/mol.